The number of nitrogens with zero attached hydrogens (tertiary/aromatic N) is 1. The smallest absolute Gasteiger partial charge is 0.327 e. The van der Waals surface area contributed by atoms with E-state index in [1.165, 1.54) is 5.32 Å². The van der Waals surface area contributed by atoms with Crippen LogP contribution in [0.2, 0.25) is 10.0 Å². The predicted octanol–water partition coefficient (Wildman–Crippen LogP) is 7.98. The first-order chi connectivity index (χ1) is 17.7. The van der Waals surface area contributed by atoms with Gasteiger partial charge in [-0.05, 0) is 51.3 Å². The van der Waals surface area contributed by atoms with E-state index in [0.29, 0.717) is 18.2 Å². The van der Waals surface area contributed by atoms with Crippen molar-refractivity contribution in [3.63, 3.8) is 0 Å². The Bertz CT molecular complexity index is 1240. The molecule has 0 heterocycles. The van der Waals surface area contributed by atoms with E-state index in [0.717, 1.165) is 31.3 Å². The molecule has 39 heavy (non-hydrogen) atoms. The molecule has 0 aromatic heterocycles. The molecule has 5 nitrogen and oxygen atoms in total. The molecule has 214 valence electrons. The molecule has 0 saturated carbocycles. The molecule has 0 aliphatic rings. The number of hydrogen-bond donors (Lipinski definition) is 2. The van der Waals surface area contributed by atoms with Gasteiger partial charge in [-0.15, -0.1) is 0 Å². The normalized spacial score (nSPS) is 13.4. The van der Waals surface area contributed by atoms with Crippen molar-refractivity contribution in [2.45, 2.75) is 24.4 Å². The number of halogens is 12. The minimum atomic E-state index is -5.18. The van der Waals surface area contributed by atoms with Gasteiger partial charge < -0.3 is 5.32 Å². The fraction of sp³-hybridized carbons (Fsp3) is 0.273. The Morgan fingerprint density at radius 1 is 1.00 bits per heavy atom. The van der Waals surface area contributed by atoms with Gasteiger partial charge in [0.25, 0.3) is 5.91 Å². The number of hydrogen-bond acceptors (Lipinski definition) is 2. The number of hydrazine groups is 1. The molecular weight excluding hydrogens is 660 g/mol. The molecular formula is C22H15BrCl2F9N3O2. The van der Waals surface area contributed by atoms with E-state index in [1.807, 2.05) is 0 Å². The van der Waals surface area contributed by atoms with Gasteiger partial charge >= 0.3 is 24.6 Å². The van der Waals surface area contributed by atoms with E-state index in [1.54, 1.807) is 5.43 Å². The summed E-state index contributed by atoms with van der Waals surface area (Å²) in [6.07, 6.45) is -13.5. The minimum absolute atomic E-state index is 0.132. The molecule has 2 rings (SSSR count). The highest BCUT2D eigenvalue weighted by Crippen LogP contribution is 2.41. The molecule has 2 N–H and O–H groups in total. The van der Waals surface area contributed by atoms with Crippen LogP contribution in [0, 0.1) is 0 Å². The van der Waals surface area contributed by atoms with Crippen LogP contribution in [0.3, 0.4) is 0 Å². The summed E-state index contributed by atoms with van der Waals surface area (Å²) in [5, 5.41) is 1.33. The van der Waals surface area contributed by atoms with Crippen molar-refractivity contribution in [1.82, 2.24) is 15.8 Å². The number of allylic oxidation sites excluding steroid dienone is 1. The van der Waals surface area contributed by atoms with Crippen LogP contribution >= 0.6 is 39.1 Å². The van der Waals surface area contributed by atoms with Gasteiger partial charge in [0.15, 0.2) is 0 Å². The Morgan fingerprint density at radius 3 is 2.05 bits per heavy atom. The zero-order valence-corrected chi connectivity index (χ0v) is 22.2. The number of nitrogens with one attached hydrogen (secondary N) is 2. The molecule has 2 aromatic carbocycles. The van der Waals surface area contributed by atoms with Gasteiger partial charge in [0.05, 0.1) is 31.6 Å². The lowest BCUT2D eigenvalue weighted by Crippen LogP contribution is -2.50. The zero-order chi connectivity index (χ0) is 29.9. The number of amides is 3. The summed E-state index contributed by atoms with van der Waals surface area (Å²) >= 11 is 14.8. The van der Waals surface area contributed by atoms with Crippen molar-refractivity contribution in [2.75, 3.05) is 13.6 Å². The Hall–Kier alpha value is -2.65. The second-order valence-corrected chi connectivity index (χ2v) is 9.36. The lowest BCUT2D eigenvalue weighted by molar-refractivity contribution is -0.139. The molecule has 0 bridgehead atoms. The third-order valence-electron chi connectivity index (χ3n) is 4.81. The third-order valence-corrected chi connectivity index (χ3v) is 6.71. The molecule has 0 saturated heterocycles. The molecule has 2 aromatic rings. The Morgan fingerprint density at radius 2 is 1.56 bits per heavy atom. The molecule has 1 unspecified atom stereocenters. The Kier molecular flexibility index (Phi) is 10.2. The molecule has 0 spiro atoms. The van der Waals surface area contributed by atoms with E-state index < -0.39 is 59.6 Å². The van der Waals surface area contributed by atoms with Crippen LogP contribution in [0.25, 0.3) is 6.08 Å². The summed E-state index contributed by atoms with van der Waals surface area (Å²) < 4.78 is 119. The highest BCUT2D eigenvalue weighted by Gasteiger charge is 2.40. The van der Waals surface area contributed by atoms with Crippen LogP contribution in [0.1, 0.15) is 33.0 Å². The summed E-state index contributed by atoms with van der Waals surface area (Å²) in [5.74, 6) is -3.84. The summed E-state index contributed by atoms with van der Waals surface area (Å²) in [7, 11) is 0.784. The van der Waals surface area contributed by atoms with Crippen molar-refractivity contribution in [3.05, 3.63) is 73.2 Å². The van der Waals surface area contributed by atoms with Gasteiger partial charge in [-0.3, -0.25) is 10.2 Å². The fourth-order valence-electron chi connectivity index (χ4n) is 3.03. The van der Waals surface area contributed by atoms with E-state index in [-0.39, 0.29) is 25.1 Å². The SMILES string of the molecule is CN(NC(=O)c1ccc(/C=C/C(c2cc(Cl)c(Br)c(Cl)c2)C(F)(F)F)cc1C(F)(F)F)C(=O)NCC(F)(F)F. The maximum Gasteiger partial charge on any atom is 0.417 e. The zero-order valence-electron chi connectivity index (χ0n) is 19.1. The van der Waals surface area contributed by atoms with Crippen LogP contribution in [0.15, 0.2) is 40.9 Å². The molecule has 0 fully saturated rings. The third kappa shape index (κ3) is 9.21. The molecule has 0 radical (unpaired) electrons. The van der Waals surface area contributed by atoms with Crippen LogP contribution in [-0.2, 0) is 6.18 Å². The summed E-state index contributed by atoms with van der Waals surface area (Å²) in [4.78, 5) is 24.0. The van der Waals surface area contributed by atoms with Crippen molar-refractivity contribution < 1.29 is 49.1 Å². The monoisotopic (exact) mass is 673 g/mol. The first kappa shape index (κ1) is 32.6. The van der Waals surface area contributed by atoms with Crippen LogP contribution < -0.4 is 10.7 Å². The minimum Gasteiger partial charge on any atom is -0.327 e. The Balaban J connectivity index is 2.37. The second kappa shape index (κ2) is 12.3. The van der Waals surface area contributed by atoms with E-state index in [9.17, 15) is 49.1 Å². The number of carbonyl (C=O) groups is 2. The summed E-state index contributed by atoms with van der Waals surface area (Å²) in [5.41, 5.74) is -1.71. The highest BCUT2D eigenvalue weighted by molar-refractivity contribution is 9.10. The van der Waals surface area contributed by atoms with Gasteiger partial charge in [0.1, 0.15) is 6.54 Å². The first-order valence-corrected chi connectivity index (χ1v) is 11.8. The standard InChI is InChI=1S/C22H15BrCl2F9N3O2/c1-37(19(39)35-9-20(26,27)28)36-18(38)12-4-2-10(6-14(12)22(32,33)34)3-5-13(21(29,30)31)11-7-15(24)17(23)16(25)8-11/h2-8,13H,9H2,1H3,(H,35,39)(H,36,38)/b5-3+. The van der Waals surface area contributed by atoms with Crippen molar-refractivity contribution >= 4 is 57.1 Å². The predicted molar refractivity (Wildman–Crippen MR) is 128 cm³/mol. The van der Waals surface area contributed by atoms with Gasteiger partial charge in [-0.2, -0.15) is 39.5 Å². The second-order valence-electron chi connectivity index (χ2n) is 7.75. The van der Waals surface area contributed by atoms with Gasteiger partial charge in [0, 0.05) is 7.05 Å². The lowest BCUT2D eigenvalue weighted by atomic mass is 9.96. The maximum absolute atomic E-state index is 13.7. The lowest BCUT2D eigenvalue weighted by Gasteiger charge is -2.21. The van der Waals surface area contributed by atoms with Crippen molar-refractivity contribution in [3.8, 4) is 0 Å². The van der Waals surface area contributed by atoms with Crippen LogP contribution in [-0.4, -0.2) is 42.9 Å². The van der Waals surface area contributed by atoms with E-state index in [2.05, 4.69) is 15.9 Å². The molecule has 17 heteroatoms. The average Bonchev–Trinajstić information content (AvgIpc) is 2.78. The van der Waals surface area contributed by atoms with Crippen molar-refractivity contribution in [2.24, 2.45) is 0 Å². The summed E-state index contributed by atoms with van der Waals surface area (Å²) in [6, 6.07) is 2.42. The maximum atomic E-state index is 13.7. The van der Waals surface area contributed by atoms with E-state index >= 15 is 0 Å². The number of urea groups is 1. The molecule has 1 atom stereocenters. The van der Waals surface area contributed by atoms with Crippen LogP contribution in [0.4, 0.5) is 44.3 Å². The van der Waals surface area contributed by atoms with E-state index in [4.69, 9.17) is 23.2 Å². The first-order valence-electron chi connectivity index (χ1n) is 10.2. The Labute approximate surface area is 233 Å². The largest absolute Gasteiger partial charge is 0.417 e. The quantitative estimate of drug-likeness (QED) is 0.192. The number of rotatable bonds is 5. The number of alkyl halides is 9. The van der Waals surface area contributed by atoms with Crippen molar-refractivity contribution in [1.29, 1.82) is 0 Å². The summed E-state index contributed by atoms with van der Waals surface area (Å²) in [6.45, 7) is -1.77. The highest BCUT2D eigenvalue weighted by atomic mass is 79.9. The van der Waals surface area contributed by atoms with Gasteiger partial charge in [-0.25, -0.2) is 9.80 Å². The molecule has 3 amide bonds. The number of benzene rings is 2. The van der Waals surface area contributed by atoms with Crippen LogP contribution in [0.5, 0.6) is 0 Å². The molecule has 0 aliphatic heterocycles. The number of carbonyl (C=O) groups excluding carboxylic acids is 2. The fourth-order valence-corrected chi connectivity index (χ4v) is 3.76. The topological polar surface area (TPSA) is 61.4 Å². The average molecular weight is 675 g/mol. The van der Waals surface area contributed by atoms with Gasteiger partial charge in [0.2, 0.25) is 0 Å². The van der Waals surface area contributed by atoms with Gasteiger partial charge in [-0.1, -0.05) is 41.4 Å². The molecule has 0 aliphatic carbocycles.